The first-order valence-corrected chi connectivity index (χ1v) is 8.73. The van der Waals surface area contributed by atoms with Crippen LogP contribution in [0.2, 0.25) is 0 Å². The van der Waals surface area contributed by atoms with Crippen LogP contribution < -0.4 is 16.1 Å². The largest absolute Gasteiger partial charge is 0.419 e. The Labute approximate surface area is 170 Å². The maximum absolute atomic E-state index is 13.5. The highest BCUT2D eigenvalue weighted by Crippen LogP contribution is 2.37. The fraction of sp³-hybridized carbons (Fsp3) is 0.211. The van der Waals surface area contributed by atoms with Crippen molar-refractivity contribution in [2.45, 2.75) is 13.1 Å². The zero-order chi connectivity index (χ0) is 21.9. The van der Waals surface area contributed by atoms with Gasteiger partial charge in [-0.2, -0.15) is 18.3 Å². The summed E-state index contributed by atoms with van der Waals surface area (Å²) >= 11 is 0. The molecule has 1 amide bonds. The van der Waals surface area contributed by atoms with E-state index in [1.165, 1.54) is 25.3 Å². The van der Waals surface area contributed by atoms with Crippen molar-refractivity contribution >= 4 is 28.9 Å². The minimum Gasteiger partial charge on any atom is -0.354 e. The Balaban J connectivity index is 2.00. The number of alkyl halides is 3. The van der Waals surface area contributed by atoms with Crippen LogP contribution in [0.5, 0.6) is 0 Å². The van der Waals surface area contributed by atoms with Gasteiger partial charge in [0, 0.05) is 25.4 Å². The molecule has 8 nitrogen and oxygen atoms in total. The van der Waals surface area contributed by atoms with E-state index >= 15 is 0 Å². The number of amides is 1. The van der Waals surface area contributed by atoms with Gasteiger partial charge in [-0.1, -0.05) is 12.1 Å². The van der Waals surface area contributed by atoms with E-state index < -0.39 is 17.6 Å². The van der Waals surface area contributed by atoms with Gasteiger partial charge in [-0.3, -0.25) is 14.3 Å². The van der Waals surface area contributed by atoms with Crippen molar-refractivity contribution in [3.8, 4) is 0 Å². The molecule has 11 heteroatoms. The molecule has 0 fully saturated rings. The second-order valence-corrected chi connectivity index (χ2v) is 6.34. The third kappa shape index (κ3) is 4.69. The quantitative estimate of drug-likeness (QED) is 0.524. The number of hydrogen-bond acceptors (Lipinski definition) is 6. The molecule has 0 unspecified atom stereocenters. The standard InChI is InChI=1S/C19H19F3N6O2/c1-11-8-17(28(2)26-11)25-16-9-15(13(10-23-16)19(20,21)22)24-14-7-5-4-6-12(14)18(29)27-30-3/h4-10H,1-3H3,(H,27,29)(H2,23,24,25). The molecule has 30 heavy (non-hydrogen) atoms. The normalized spacial score (nSPS) is 11.3. The minimum atomic E-state index is -4.65. The summed E-state index contributed by atoms with van der Waals surface area (Å²) in [6.45, 7) is 1.79. The third-order valence-corrected chi connectivity index (χ3v) is 4.10. The highest BCUT2D eigenvalue weighted by molar-refractivity contribution is 5.99. The summed E-state index contributed by atoms with van der Waals surface area (Å²) in [5, 5.41) is 9.81. The van der Waals surface area contributed by atoms with Crippen molar-refractivity contribution < 1.29 is 22.8 Å². The molecular weight excluding hydrogens is 401 g/mol. The lowest BCUT2D eigenvalue weighted by molar-refractivity contribution is -0.137. The van der Waals surface area contributed by atoms with E-state index in [0.29, 0.717) is 5.82 Å². The van der Waals surface area contributed by atoms with Gasteiger partial charge in [0.05, 0.1) is 35.3 Å². The van der Waals surface area contributed by atoms with Crippen LogP contribution in [0, 0.1) is 6.92 Å². The van der Waals surface area contributed by atoms with Gasteiger partial charge >= 0.3 is 6.18 Å². The van der Waals surface area contributed by atoms with Crippen LogP contribution >= 0.6 is 0 Å². The Hall–Kier alpha value is -3.60. The number of aromatic nitrogens is 3. The Morgan fingerprint density at radius 1 is 1.13 bits per heavy atom. The summed E-state index contributed by atoms with van der Waals surface area (Å²) in [5.74, 6) is 0.129. The summed E-state index contributed by atoms with van der Waals surface area (Å²) < 4.78 is 42.2. The monoisotopic (exact) mass is 420 g/mol. The molecule has 1 aromatic carbocycles. The number of carbonyl (C=O) groups is 1. The number of carbonyl (C=O) groups excluding carboxylic acids is 1. The van der Waals surface area contributed by atoms with Crippen molar-refractivity contribution in [3.05, 3.63) is 59.4 Å². The van der Waals surface area contributed by atoms with Gasteiger partial charge in [-0.25, -0.2) is 10.5 Å². The Morgan fingerprint density at radius 2 is 1.87 bits per heavy atom. The Bertz CT molecular complexity index is 1060. The average Bonchev–Trinajstić information content (AvgIpc) is 2.98. The van der Waals surface area contributed by atoms with E-state index in [-0.39, 0.29) is 22.8 Å². The first kappa shape index (κ1) is 21.1. The molecule has 3 aromatic rings. The smallest absolute Gasteiger partial charge is 0.354 e. The molecule has 2 heterocycles. The first-order valence-electron chi connectivity index (χ1n) is 8.73. The molecule has 0 saturated carbocycles. The summed E-state index contributed by atoms with van der Waals surface area (Å²) in [6.07, 6.45) is -3.92. The molecule has 0 spiro atoms. The van der Waals surface area contributed by atoms with E-state index in [9.17, 15) is 18.0 Å². The number of para-hydroxylation sites is 1. The van der Waals surface area contributed by atoms with Gasteiger partial charge in [0.15, 0.2) is 0 Å². The van der Waals surface area contributed by atoms with Gasteiger partial charge in [-0.15, -0.1) is 0 Å². The van der Waals surface area contributed by atoms with Crippen LogP contribution in [0.1, 0.15) is 21.6 Å². The van der Waals surface area contributed by atoms with E-state index in [2.05, 4.69) is 31.0 Å². The van der Waals surface area contributed by atoms with Crippen molar-refractivity contribution in [2.24, 2.45) is 7.05 Å². The number of anilines is 4. The SMILES string of the molecule is CONC(=O)c1ccccc1Nc1cc(Nc2cc(C)nn2C)ncc1C(F)(F)F. The molecule has 0 bridgehead atoms. The number of hydroxylamine groups is 1. The van der Waals surface area contributed by atoms with E-state index in [0.717, 1.165) is 11.9 Å². The molecule has 0 radical (unpaired) electrons. The number of pyridine rings is 1. The number of hydrogen-bond donors (Lipinski definition) is 3. The minimum absolute atomic E-state index is 0.112. The highest BCUT2D eigenvalue weighted by atomic mass is 19.4. The van der Waals surface area contributed by atoms with Crippen LogP contribution in [0.25, 0.3) is 0 Å². The Morgan fingerprint density at radius 3 is 2.50 bits per heavy atom. The molecule has 0 aliphatic rings. The number of rotatable bonds is 6. The van der Waals surface area contributed by atoms with Gasteiger partial charge in [0.1, 0.15) is 11.6 Å². The molecular formula is C19H19F3N6O2. The number of nitrogens with one attached hydrogen (secondary N) is 3. The number of nitrogens with zero attached hydrogens (tertiary/aromatic N) is 3. The molecule has 0 aliphatic heterocycles. The maximum Gasteiger partial charge on any atom is 0.419 e. The number of halogens is 3. The van der Waals surface area contributed by atoms with Crippen LogP contribution in [0.15, 0.2) is 42.6 Å². The fourth-order valence-electron chi connectivity index (χ4n) is 2.79. The molecule has 3 rings (SSSR count). The van der Waals surface area contributed by atoms with Crippen molar-refractivity contribution in [1.82, 2.24) is 20.2 Å². The summed E-state index contributed by atoms with van der Waals surface area (Å²) in [5.41, 5.74) is 1.93. The van der Waals surface area contributed by atoms with E-state index in [1.807, 2.05) is 0 Å². The lowest BCUT2D eigenvalue weighted by atomic mass is 10.1. The van der Waals surface area contributed by atoms with Gasteiger partial charge in [-0.05, 0) is 19.1 Å². The average molecular weight is 420 g/mol. The summed E-state index contributed by atoms with van der Waals surface area (Å²) in [4.78, 5) is 20.6. The molecule has 3 N–H and O–H groups in total. The second kappa shape index (κ2) is 8.41. The van der Waals surface area contributed by atoms with Crippen molar-refractivity contribution in [3.63, 3.8) is 0 Å². The van der Waals surface area contributed by atoms with Gasteiger partial charge in [0.2, 0.25) is 0 Å². The second-order valence-electron chi connectivity index (χ2n) is 6.34. The molecule has 2 aromatic heterocycles. The van der Waals surface area contributed by atoms with Crippen molar-refractivity contribution in [1.29, 1.82) is 0 Å². The maximum atomic E-state index is 13.5. The van der Waals surface area contributed by atoms with Crippen LogP contribution in [0.3, 0.4) is 0 Å². The third-order valence-electron chi connectivity index (χ3n) is 4.10. The van der Waals surface area contributed by atoms with Crippen molar-refractivity contribution in [2.75, 3.05) is 17.7 Å². The lowest BCUT2D eigenvalue weighted by Crippen LogP contribution is -2.22. The molecule has 0 saturated heterocycles. The molecule has 0 atom stereocenters. The van der Waals surface area contributed by atoms with Gasteiger partial charge < -0.3 is 10.6 Å². The summed E-state index contributed by atoms with van der Waals surface area (Å²) in [7, 11) is 2.96. The van der Waals surface area contributed by atoms with Crippen LogP contribution in [0.4, 0.5) is 36.2 Å². The lowest BCUT2D eigenvalue weighted by Gasteiger charge is -2.17. The number of aryl methyl sites for hydroxylation is 2. The van der Waals surface area contributed by atoms with Crippen LogP contribution in [-0.4, -0.2) is 27.8 Å². The van der Waals surface area contributed by atoms with E-state index in [1.54, 1.807) is 36.9 Å². The van der Waals surface area contributed by atoms with Gasteiger partial charge in [0.25, 0.3) is 5.91 Å². The zero-order valence-electron chi connectivity index (χ0n) is 16.3. The molecule has 158 valence electrons. The Kier molecular flexibility index (Phi) is 5.92. The van der Waals surface area contributed by atoms with Crippen LogP contribution in [-0.2, 0) is 18.1 Å². The predicted molar refractivity (Wildman–Crippen MR) is 105 cm³/mol. The predicted octanol–water partition coefficient (Wildman–Crippen LogP) is 3.92. The molecule has 0 aliphatic carbocycles. The zero-order valence-corrected chi connectivity index (χ0v) is 16.3. The highest BCUT2D eigenvalue weighted by Gasteiger charge is 2.34. The topological polar surface area (TPSA) is 93.1 Å². The summed E-state index contributed by atoms with van der Waals surface area (Å²) in [6, 6.07) is 9.08. The number of benzene rings is 1. The first-order chi connectivity index (χ1) is 14.2. The fourth-order valence-corrected chi connectivity index (χ4v) is 2.79. The van der Waals surface area contributed by atoms with E-state index in [4.69, 9.17) is 0 Å².